The van der Waals surface area contributed by atoms with Crippen LogP contribution in [0, 0.1) is 5.92 Å². The van der Waals surface area contributed by atoms with Gasteiger partial charge >= 0.3 is 0 Å². The molecule has 6 nitrogen and oxygen atoms in total. The van der Waals surface area contributed by atoms with Gasteiger partial charge in [-0.15, -0.1) is 0 Å². The van der Waals surface area contributed by atoms with Crippen LogP contribution in [0.1, 0.15) is 27.1 Å². The third-order valence-electron chi connectivity index (χ3n) is 4.68. The number of ether oxygens (including phenoxy) is 2. The summed E-state index contributed by atoms with van der Waals surface area (Å²) in [6.07, 6.45) is 0.695. The molecule has 2 unspecified atom stereocenters. The number of carbonyl (C=O) groups excluding carboxylic acids is 2. The SMILES string of the molecule is COc1ccc(C(=O)NCC2COC(CNC(=O)c3ccccc3Cl)C2)cc1. The molecule has 3 rings (SSSR count). The largest absolute Gasteiger partial charge is 0.497 e. The predicted octanol–water partition coefficient (Wildman–Crippen LogP) is 2.91. The minimum Gasteiger partial charge on any atom is -0.497 e. The summed E-state index contributed by atoms with van der Waals surface area (Å²) in [6, 6.07) is 13.9. The molecule has 2 N–H and O–H groups in total. The van der Waals surface area contributed by atoms with Crippen molar-refractivity contribution in [2.45, 2.75) is 12.5 Å². The monoisotopic (exact) mass is 402 g/mol. The Balaban J connectivity index is 1.41. The van der Waals surface area contributed by atoms with Crippen molar-refractivity contribution in [3.63, 3.8) is 0 Å². The minimum atomic E-state index is -0.217. The lowest BCUT2D eigenvalue weighted by Gasteiger charge is -2.12. The number of hydrogen-bond acceptors (Lipinski definition) is 4. The number of carbonyl (C=O) groups is 2. The molecule has 2 aromatic carbocycles. The van der Waals surface area contributed by atoms with E-state index in [0.29, 0.717) is 41.6 Å². The Bertz CT molecular complexity index is 825. The molecule has 0 saturated carbocycles. The Morgan fingerprint density at radius 3 is 2.50 bits per heavy atom. The van der Waals surface area contributed by atoms with E-state index < -0.39 is 0 Å². The molecule has 0 aromatic heterocycles. The smallest absolute Gasteiger partial charge is 0.252 e. The second-order valence-corrected chi connectivity index (χ2v) is 7.09. The van der Waals surface area contributed by atoms with Gasteiger partial charge in [-0.1, -0.05) is 23.7 Å². The van der Waals surface area contributed by atoms with Gasteiger partial charge in [-0.25, -0.2) is 0 Å². The average molecular weight is 403 g/mol. The number of methoxy groups -OCH3 is 1. The van der Waals surface area contributed by atoms with E-state index in [1.807, 2.05) is 0 Å². The Kier molecular flexibility index (Phi) is 6.90. The average Bonchev–Trinajstić information content (AvgIpc) is 3.18. The number of benzene rings is 2. The molecule has 1 aliphatic heterocycles. The van der Waals surface area contributed by atoms with E-state index in [2.05, 4.69) is 10.6 Å². The zero-order valence-corrected chi connectivity index (χ0v) is 16.4. The third kappa shape index (κ3) is 5.24. The van der Waals surface area contributed by atoms with E-state index in [-0.39, 0.29) is 23.8 Å². The van der Waals surface area contributed by atoms with Crippen LogP contribution in [0.4, 0.5) is 0 Å². The van der Waals surface area contributed by atoms with Gasteiger partial charge in [-0.2, -0.15) is 0 Å². The van der Waals surface area contributed by atoms with Gasteiger partial charge < -0.3 is 20.1 Å². The third-order valence-corrected chi connectivity index (χ3v) is 5.01. The summed E-state index contributed by atoms with van der Waals surface area (Å²) >= 11 is 6.04. The lowest BCUT2D eigenvalue weighted by molar-refractivity contribution is 0.0843. The number of hydrogen-bond donors (Lipinski definition) is 2. The Morgan fingerprint density at radius 1 is 1.07 bits per heavy atom. The van der Waals surface area contributed by atoms with Crippen molar-refractivity contribution in [2.75, 3.05) is 26.8 Å². The highest BCUT2D eigenvalue weighted by Crippen LogP contribution is 2.20. The number of amides is 2. The first kappa shape index (κ1) is 20.2. The Hall–Kier alpha value is -2.57. The Labute approximate surface area is 169 Å². The van der Waals surface area contributed by atoms with Gasteiger partial charge in [0, 0.05) is 24.6 Å². The molecule has 0 spiro atoms. The van der Waals surface area contributed by atoms with Gasteiger partial charge in [-0.05, 0) is 42.8 Å². The van der Waals surface area contributed by atoms with Crippen molar-refractivity contribution < 1.29 is 19.1 Å². The molecular weight excluding hydrogens is 380 g/mol. The van der Waals surface area contributed by atoms with Gasteiger partial charge in [0.25, 0.3) is 11.8 Å². The fourth-order valence-electron chi connectivity index (χ4n) is 3.09. The van der Waals surface area contributed by atoms with Crippen molar-refractivity contribution in [2.24, 2.45) is 5.92 Å². The molecule has 2 atom stereocenters. The van der Waals surface area contributed by atoms with E-state index in [1.54, 1.807) is 55.6 Å². The van der Waals surface area contributed by atoms with Crippen LogP contribution in [0.15, 0.2) is 48.5 Å². The quantitative estimate of drug-likeness (QED) is 0.746. The molecular formula is C21H23ClN2O4. The molecule has 0 radical (unpaired) electrons. The molecule has 7 heteroatoms. The van der Waals surface area contributed by atoms with Crippen LogP contribution < -0.4 is 15.4 Å². The summed E-state index contributed by atoms with van der Waals surface area (Å²) in [4.78, 5) is 24.4. The highest BCUT2D eigenvalue weighted by atomic mass is 35.5. The number of nitrogens with one attached hydrogen (secondary N) is 2. The first-order chi connectivity index (χ1) is 13.6. The molecule has 1 heterocycles. The predicted molar refractivity (Wildman–Crippen MR) is 107 cm³/mol. The zero-order valence-electron chi connectivity index (χ0n) is 15.6. The van der Waals surface area contributed by atoms with Crippen LogP contribution >= 0.6 is 11.6 Å². The normalized spacial score (nSPS) is 18.5. The Morgan fingerprint density at radius 2 is 1.79 bits per heavy atom. The fraction of sp³-hybridized carbons (Fsp3) is 0.333. The van der Waals surface area contributed by atoms with Gasteiger partial charge in [0.05, 0.1) is 30.4 Å². The molecule has 2 aromatic rings. The van der Waals surface area contributed by atoms with Crippen molar-refractivity contribution >= 4 is 23.4 Å². The maximum atomic E-state index is 12.2. The van der Waals surface area contributed by atoms with Crippen LogP contribution in [0.25, 0.3) is 0 Å². The van der Waals surface area contributed by atoms with Crippen LogP contribution in [0.2, 0.25) is 5.02 Å². The fourth-order valence-corrected chi connectivity index (χ4v) is 3.31. The zero-order chi connectivity index (χ0) is 19.9. The topological polar surface area (TPSA) is 76.7 Å². The van der Waals surface area contributed by atoms with Crippen LogP contribution in [-0.4, -0.2) is 44.7 Å². The van der Waals surface area contributed by atoms with E-state index in [4.69, 9.17) is 21.1 Å². The molecule has 1 aliphatic rings. The molecule has 28 heavy (non-hydrogen) atoms. The van der Waals surface area contributed by atoms with Crippen molar-refractivity contribution in [1.29, 1.82) is 0 Å². The maximum Gasteiger partial charge on any atom is 0.252 e. The summed E-state index contributed by atoms with van der Waals surface area (Å²) < 4.78 is 10.8. The lowest BCUT2D eigenvalue weighted by Crippen LogP contribution is -2.32. The molecule has 148 valence electrons. The second kappa shape index (κ2) is 9.57. The number of halogens is 1. The van der Waals surface area contributed by atoms with Crippen molar-refractivity contribution in [1.82, 2.24) is 10.6 Å². The van der Waals surface area contributed by atoms with E-state index in [9.17, 15) is 9.59 Å². The van der Waals surface area contributed by atoms with E-state index in [1.165, 1.54) is 0 Å². The van der Waals surface area contributed by atoms with Gasteiger partial charge in [-0.3, -0.25) is 9.59 Å². The molecule has 0 bridgehead atoms. The number of rotatable bonds is 7. The summed E-state index contributed by atoms with van der Waals surface area (Å²) in [7, 11) is 1.59. The van der Waals surface area contributed by atoms with E-state index in [0.717, 1.165) is 6.42 Å². The molecule has 1 fully saturated rings. The molecule has 1 saturated heterocycles. The summed E-state index contributed by atoms with van der Waals surface area (Å²) in [5, 5.41) is 6.21. The van der Waals surface area contributed by atoms with Crippen molar-refractivity contribution in [3.8, 4) is 5.75 Å². The summed E-state index contributed by atoms with van der Waals surface area (Å²) in [6.45, 7) is 1.49. The van der Waals surface area contributed by atoms with Crippen LogP contribution in [0.3, 0.4) is 0 Å². The standard InChI is InChI=1S/C21H23ClN2O4/c1-27-16-8-6-15(7-9-16)20(25)23-11-14-10-17(28-13-14)12-24-21(26)18-4-2-3-5-19(18)22/h2-9,14,17H,10-13H2,1H3,(H,23,25)(H,24,26). The van der Waals surface area contributed by atoms with Crippen LogP contribution in [-0.2, 0) is 4.74 Å². The van der Waals surface area contributed by atoms with Gasteiger partial charge in [0.2, 0.25) is 0 Å². The van der Waals surface area contributed by atoms with Crippen LogP contribution in [0.5, 0.6) is 5.75 Å². The first-order valence-electron chi connectivity index (χ1n) is 9.13. The van der Waals surface area contributed by atoms with Crippen molar-refractivity contribution in [3.05, 3.63) is 64.7 Å². The van der Waals surface area contributed by atoms with Gasteiger partial charge in [0.15, 0.2) is 0 Å². The van der Waals surface area contributed by atoms with E-state index >= 15 is 0 Å². The lowest BCUT2D eigenvalue weighted by atomic mass is 10.1. The highest BCUT2D eigenvalue weighted by Gasteiger charge is 2.26. The highest BCUT2D eigenvalue weighted by molar-refractivity contribution is 6.33. The molecule has 2 amide bonds. The van der Waals surface area contributed by atoms with Gasteiger partial charge in [0.1, 0.15) is 5.75 Å². The summed E-state index contributed by atoms with van der Waals surface area (Å²) in [5.41, 5.74) is 1.04. The summed E-state index contributed by atoms with van der Waals surface area (Å²) in [5.74, 6) is 0.579. The maximum absolute atomic E-state index is 12.2. The molecule has 0 aliphatic carbocycles. The minimum absolute atomic E-state index is 0.0747. The first-order valence-corrected chi connectivity index (χ1v) is 9.51. The second-order valence-electron chi connectivity index (χ2n) is 6.69.